The molecule has 2 unspecified atom stereocenters. The molecule has 2 N–H and O–H groups in total. The number of aliphatic hydroxyl groups is 1. The monoisotopic (exact) mass is 233 g/mol. The highest BCUT2D eigenvalue weighted by Crippen LogP contribution is 2.17. The van der Waals surface area contributed by atoms with E-state index in [0.717, 1.165) is 4.88 Å². The molecule has 0 aliphatic carbocycles. The minimum Gasteiger partial charge on any atom is -0.386 e. The van der Waals surface area contributed by atoms with E-state index in [2.05, 4.69) is 5.32 Å². The Morgan fingerprint density at radius 2 is 2.50 bits per heavy atom. The maximum Gasteiger partial charge on any atom is 0.101 e. The van der Waals surface area contributed by atoms with E-state index in [1.54, 1.807) is 17.6 Å². The molecule has 14 heavy (non-hydrogen) atoms. The van der Waals surface area contributed by atoms with Gasteiger partial charge in [-0.2, -0.15) is 0 Å². The number of thiophene rings is 1. The molecule has 2 atom stereocenters. The van der Waals surface area contributed by atoms with E-state index >= 15 is 0 Å². The van der Waals surface area contributed by atoms with Crippen LogP contribution in [0.5, 0.6) is 0 Å². The SMILES string of the molecule is CS(=O)CCNCC(O)c1cccs1. The Morgan fingerprint density at radius 3 is 3.07 bits per heavy atom. The van der Waals surface area contributed by atoms with Crippen molar-refractivity contribution in [2.75, 3.05) is 25.1 Å². The topological polar surface area (TPSA) is 49.3 Å². The van der Waals surface area contributed by atoms with Crippen molar-refractivity contribution in [2.24, 2.45) is 0 Å². The van der Waals surface area contributed by atoms with Gasteiger partial charge in [0.2, 0.25) is 0 Å². The summed E-state index contributed by atoms with van der Waals surface area (Å²) in [7, 11) is -0.759. The van der Waals surface area contributed by atoms with Gasteiger partial charge in [0.1, 0.15) is 6.10 Å². The molecule has 0 saturated heterocycles. The lowest BCUT2D eigenvalue weighted by Gasteiger charge is -2.09. The van der Waals surface area contributed by atoms with Gasteiger partial charge >= 0.3 is 0 Å². The van der Waals surface area contributed by atoms with Crippen molar-refractivity contribution in [3.8, 4) is 0 Å². The molecule has 1 heterocycles. The van der Waals surface area contributed by atoms with Gasteiger partial charge < -0.3 is 10.4 Å². The van der Waals surface area contributed by atoms with Crippen molar-refractivity contribution in [1.29, 1.82) is 0 Å². The first kappa shape index (κ1) is 11.8. The smallest absolute Gasteiger partial charge is 0.101 e. The minimum atomic E-state index is -0.759. The van der Waals surface area contributed by atoms with Gasteiger partial charge in [0.05, 0.1) is 0 Å². The predicted octanol–water partition coefficient (Wildman–Crippen LogP) is 0.750. The molecule has 0 radical (unpaired) electrons. The lowest BCUT2D eigenvalue weighted by molar-refractivity contribution is 0.179. The van der Waals surface area contributed by atoms with Crippen LogP contribution < -0.4 is 5.32 Å². The molecule has 0 bridgehead atoms. The fraction of sp³-hybridized carbons (Fsp3) is 0.556. The predicted molar refractivity (Wildman–Crippen MR) is 61.1 cm³/mol. The van der Waals surface area contributed by atoms with Crippen molar-refractivity contribution in [3.63, 3.8) is 0 Å². The van der Waals surface area contributed by atoms with Gasteiger partial charge in [-0.25, -0.2) is 0 Å². The molecule has 0 aliphatic heterocycles. The summed E-state index contributed by atoms with van der Waals surface area (Å²) < 4.78 is 10.7. The third-order valence-electron chi connectivity index (χ3n) is 1.78. The maximum absolute atomic E-state index is 10.7. The average molecular weight is 233 g/mol. The quantitative estimate of drug-likeness (QED) is 0.713. The van der Waals surface area contributed by atoms with Gasteiger partial charge in [0.25, 0.3) is 0 Å². The molecule has 1 rings (SSSR count). The van der Waals surface area contributed by atoms with Crippen LogP contribution in [0.1, 0.15) is 11.0 Å². The molecule has 80 valence electrons. The third-order valence-corrected chi connectivity index (χ3v) is 3.53. The summed E-state index contributed by atoms with van der Waals surface area (Å²) in [4.78, 5) is 0.968. The van der Waals surface area contributed by atoms with Crippen molar-refractivity contribution >= 4 is 22.1 Å². The van der Waals surface area contributed by atoms with Crippen LogP contribution in [0.4, 0.5) is 0 Å². The highest BCUT2D eigenvalue weighted by atomic mass is 32.2. The van der Waals surface area contributed by atoms with Gasteiger partial charge in [-0.3, -0.25) is 4.21 Å². The zero-order valence-corrected chi connectivity index (χ0v) is 9.74. The second-order valence-electron chi connectivity index (χ2n) is 3.01. The van der Waals surface area contributed by atoms with E-state index in [1.807, 2.05) is 17.5 Å². The summed E-state index contributed by atoms with van der Waals surface area (Å²) >= 11 is 1.55. The second-order valence-corrected chi connectivity index (χ2v) is 5.55. The largest absolute Gasteiger partial charge is 0.386 e. The number of nitrogens with one attached hydrogen (secondary N) is 1. The number of aliphatic hydroxyl groups excluding tert-OH is 1. The number of rotatable bonds is 6. The molecule has 0 aliphatic rings. The van der Waals surface area contributed by atoms with Crippen LogP contribution in [0.25, 0.3) is 0 Å². The molecule has 0 aromatic carbocycles. The van der Waals surface area contributed by atoms with Crippen molar-refractivity contribution in [1.82, 2.24) is 5.32 Å². The summed E-state index contributed by atoms with van der Waals surface area (Å²) in [5.41, 5.74) is 0. The van der Waals surface area contributed by atoms with E-state index in [1.165, 1.54) is 0 Å². The summed E-state index contributed by atoms with van der Waals surface area (Å²) in [6.07, 6.45) is 1.23. The summed E-state index contributed by atoms with van der Waals surface area (Å²) in [6.45, 7) is 1.21. The Hall–Kier alpha value is -0.230. The van der Waals surface area contributed by atoms with Crippen LogP contribution in [0, 0.1) is 0 Å². The average Bonchev–Trinajstić information content (AvgIpc) is 2.64. The molecule has 3 nitrogen and oxygen atoms in total. The van der Waals surface area contributed by atoms with Crippen LogP contribution in [0.2, 0.25) is 0 Å². The zero-order chi connectivity index (χ0) is 10.4. The van der Waals surface area contributed by atoms with Crippen LogP contribution in [-0.4, -0.2) is 34.4 Å². The fourth-order valence-corrected chi connectivity index (χ4v) is 2.18. The van der Waals surface area contributed by atoms with Gasteiger partial charge in [-0.1, -0.05) is 6.07 Å². The molecule has 1 aromatic heterocycles. The molecule has 0 spiro atoms. The Kier molecular flexibility index (Phi) is 5.32. The van der Waals surface area contributed by atoms with Crippen LogP contribution in [0.3, 0.4) is 0 Å². The van der Waals surface area contributed by atoms with Crippen LogP contribution in [0.15, 0.2) is 17.5 Å². The lowest BCUT2D eigenvalue weighted by Crippen LogP contribution is -2.25. The van der Waals surface area contributed by atoms with E-state index < -0.39 is 16.9 Å². The van der Waals surface area contributed by atoms with Gasteiger partial charge in [0.15, 0.2) is 0 Å². The first-order valence-electron chi connectivity index (χ1n) is 4.42. The van der Waals surface area contributed by atoms with Crippen LogP contribution in [-0.2, 0) is 10.8 Å². The Balaban J connectivity index is 2.16. The highest BCUT2D eigenvalue weighted by Gasteiger charge is 2.06. The van der Waals surface area contributed by atoms with Crippen molar-refractivity contribution < 1.29 is 9.32 Å². The van der Waals surface area contributed by atoms with Crippen molar-refractivity contribution in [2.45, 2.75) is 6.10 Å². The normalized spacial score (nSPS) is 15.3. The molecule has 1 aromatic rings. The molecule has 5 heteroatoms. The molecular weight excluding hydrogens is 218 g/mol. The summed E-state index contributed by atoms with van der Waals surface area (Å²) in [5, 5.41) is 14.7. The van der Waals surface area contributed by atoms with E-state index in [4.69, 9.17) is 0 Å². The zero-order valence-electron chi connectivity index (χ0n) is 8.10. The summed E-state index contributed by atoms with van der Waals surface area (Å²) in [5.74, 6) is 0.636. The van der Waals surface area contributed by atoms with E-state index in [9.17, 15) is 9.32 Å². The van der Waals surface area contributed by atoms with E-state index in [-0.39, 0.29) is 0 Å². The Labute approximate surface area is 90.6 Å². The second kappa shape index (κ2) is 6.29. The van der Waals surface area contributed by atoms with Crippen LogP contribution >= 0.6 is 11.3 Å². The number of hydrogen-bond donors (Lipinski definition) is 2. The lowest BCUT2D eigenvalue weighted by atomic mass is 10.3. The van der Waals surface area contributed by atoms with Gasteiger partial charge in [-0.05, 0) is 11.4 Å². The number of hydrogen-bond acceptors (Lipinski definition) is 4. The Bertz CT molecular complexity index is 274. The maximum atomic E-state index is 10.7. The van der Waals surface area contributed by atoms with Gasteiger partial charge in [-0.15, -0.1) is 11.3 Å². The standard InChI is InChI=1S/C9H15NO2S2/c1-14(12)6-4-10-7-8(11)9-3-2-5-13-9/h2-3,5,8,10-11H,4,6-7H2,1H3. The molecule has 0 amide bonds. The third kappa shape index (κ3) is 4.32. The Morgan fingerprint density at radius 1 is 1.71 bits per heavy atom. The fourth-order valence-electron chi connectivity index (χ4n) is 1.04. The highest BCUT2D eigenvalue weighted by molar-refractivity contribution is 7.84. The first-order valence-corrected chi connectivity index (χ1v) is 7.03. The minimum absolute atomic E-state index is 0.444. The molecule has 0 fully saturated rings. The molecular formula is C9H15NO2S2. The van der Waals surface area contributed by atoms with E-state index in [0.29, 0.717) is 18.8 Å². The van der Waals surface area contributed by atoms with Crippen molar-refractivity contribution in [3.05, 3.63) is 22.4 Å². The van der Waals surface area contributed by atoms with Gasteiger partial charge in [0, 0.05) is 40.8 Å². The first-order chi connectivity index (χ1) is 6.70. The molecule has 0 saturated carbocycles. The summed E-state index contributed by atoms with van der Waals surface area (Å²) in [6, 6.07) is 3.83.